The molecule has 2 fully saturated rings. The number of hydrogen-bond donors (Lipinski definition) is 0. The normalized spacial score (nSPS) is 19.8. The molecule has 2 atom stereocenters. The number of rotatable bonds is 8. The molecule has 2 aliphatic rings. The van der Waals surface area contributed by atoms with Crippen LogP contribution in [0.5, 0.6) is 11.5 Å². The van der Waals surface area contributed by atoms with E-state index in [1.165, 1.54) is 5.69 Å². The standard InChI is InChI=1S/C25H32N6O3/c1-32-20-10-11-22(23(17-20)33-2)24(25-26-27-28-31(25)18-21-9-6-16-34-21)30-14-12-29(13-15-30)19-7-4-3-5-8-19/h3-5,7-8,10-11,17,21,24H,6,9,12-16,18H2,1-2H3/t21-,24-/m1/s1. The highest BCUT2D eigenvalue weighted by Crippen LogP contribution is 2.37. The second-order valence-electron chi connectivity index (χ2n) is 8.72. The number of methoxy groups -OCH3 is 2. The summed E-state index contributed by atoms with van der Waals surface area (Å²) in [7, 11) is 3.36. The van der Waals surface area contributed by atoms with Crippen molar-refractivity contribution in [1.29, 1.82) is 0 Å². The lowest BCUT2D eigenvalue weighted by molar-refractivity contribution is 0.0906. The van der Waals surface area contributed by atoms with E-state index in [0.29, 0.717) is 6.54 Å². The molecule has 0 bridgehead atoms. The second kappa shape index (κ2) is 10.4. The van der Waals surface area contributed by atoms with Gasteiger partial charge < -0.3 is 19.1 Å². The van der Waals surface area contributed by atoms with Gasteiger partial charge in [-0.1, -0.05) is 18.2 Å². The smallest absolute Gasteiger partial charge is 0.173 e. The topological polar surface area (TPSA) is 77.8 Å². The molecule has 3 aromatic rings. The van der Waals surface area contributed by atoms with Crippen molar-refractivity contribution in [2.75, 3.05) is 51.9 Å². The third kappa shape index (κ3) is 4.71. The number of tetrazole rings is 1. The molecule has 3 heterocycles. The fourth-order valence-corrected chi connectivity index (χ4v) is 4.94. The maximum atomic E-state index is 5.87. The van der Waals surface area contributed by atoms with Gasteiger partial charge in [0.2, 0.25) is 0 Å². The highest BCUT2D eigenvalue weighted by atomic mass is 16.5. The summed E-state index contributed by atoms with van der Waals surface area (Å²) in [6, 6.07) is 16.4. The van der Waals surface area contributed by atoms with Crippen LogP contribution in [0.1, 0.15) is 30.3 Å². The lowest BCUT2D eigenvalue weighted by Crippen LogP contribution is -2.48. The molecule has 0 spiro atoms. The molecular formula is C25H32N6O3. The Bertz CT molecular complexity index is 1060. The van der Waals surface area contributed by atoms with Crippen molar-refractivity contribution in [1.82, 2.24) is 25.1 Å². The summed E-state index contributed by atoms with van der Waals surface area (Å²) in [5, 5.41) is 12.9. The van der Waals surface area contributed by atoms with E-state index < -0.39 is 0 Å². The summed E-state index contributed by atoms with van der Waals surface area (Å²) in [4.78, 5) is 4.87. The molecule has 0 aliphatic carbocycles. The van der Waals surface area contributed by atoms with Crippen LogP contribution >= 0.6 is 0 Å². The molecule has 0 amide bonds. The number of anilines is 1. The zero-order valence-corrected chi connectivity index (χ0v) is 19.8. The fourth-order valence-electron chi connectivity index (χ4n) is 4.94. The van der Waals surface area contributed by atoms with Gasteiger partial charge in [-0.2, -0.15) is 0 Å². The van der Waals surface area contributed by atoms with Crippen LogP contribution in [0.2, 0.25) is 0 Å². The third-order valence-corrected chi connectivity index (χ3v) is 6.74. The highest BCUT2D eigenvalue weighted by Gasteiger charge is 2.33. The Morgan fingerprint density at radius 1 is 1.03 bits per heavy atom. The zero-order valence-electron chi connectivity index (χ0n) is 19.8. The van der Waals surface area contributed by atoms with Crippen LogP contribution in [0.25, 0.3) is 0 Å². The first-order valence-electron chi connectivity index (χ1n) is 11.9. The predicted molar refractivity (Wildman–Crippen MR) is 128 cm³/mol. The number of piperazine rings is 1. The number of nitrogens with zero attached hydrogens (tertiary/aromatic N) is 6. The van der Waals surface area contributed by atoms with E-state index in [4.69, 9.17) is 14.2 Å². The van der Waals surface area contributed by atoms with Crippen LogP contribution < -0.4 is 14.4 Å². The van der Waals surface area contributed by atoms with Crippen LogP contribution in [-0.2, 0) is 11.3 Å². The van der Waals surface area contributed by atoms with Gasteiger partial charge >= 0.3 is 0 Å². The predicted octanol–water partition coefficient (Wildman–Crippen LogP) is 2.78. The summed E-state index contributed by atoms with van der Waals surface area (Å²) < 4.78 is 19.0. The summed E-state index contributed by atoms with van der Waals surface area (Å²) in [6.07, 6.45) is 2.26. The van der Waals surface area contributed by atoms with Gasteiger partial charge in [0.25, 0.3) is 0 Å². The molecule has 0 saturated carbocycles. The van der Waals surface area contributed by atoms with Crippen LogP contribution in [-0.4, -0.2) is 78.2 Å². The van der Waals surface area contributed by atoms with Crippen molar-refractivity contribution in [3.05, 3.63) is 59.9 Å². The monoisotopic (exact) mass is 464 g/mol. The molecule has 2 saturated heterocycles. The van der Waals surface area contributed by atoms with Gasteiger partial charge in [-0.3, -0.25) is 4.90 Å². The van der Waals surface area contributed by atoms with E-state index in [0.717, 1.165) is 68.5 Å². The Labute approximate surface area is 200 Å². The Balaban J connectivity index is 1.46. The van der Waals surface area contributed by atoms with Gasteiger partial charge in [-0.05, 0) is 47.5 Å². The number of hydrogen-bond acceptors (Lipinski definition) is 8. The fraction of sp³-hybridized carbons (Fsp3) is 0.480. The van der Waals surface area contributed by atoms with Gasteiger partial charge in [0.05, 0.1) is 26.9 Å². The van der Waals surface area contributed by atoms with E-state index in [2.05, 4.69) is 61.7 Å². The molecule has 0 radical (unpaired) electrons. The first-order valence-corrected chi connectivity index (χ1v) is 11.9. The van der Waals surface area contributed by atoms with Gasteiger partial charge in [0.1, 0.15) is 17.5 Å². The molecular weight excluding hydrogens is 432 g/mol. The molecule has 2 aliphatic heterocycles. The average Bonchev–Trinajstić information content (AvgIpc) is 3.58. The lowest BCUT2D eigenvalue weighted by Gasteiger charge is -2.40. The molecule has 0 N–H and O–H groups in total. The van der Waals surface area contributed by atoms with Crippen molar-refractivity contribution in [2.45, 2.75) is 31.5 Å². The summed E-state index contributed by atoms with van der Waals surface area (Å²) in [5.41, 5.74) is 2.28. The third-order valence-electron chi connectivity index (χ3n) is 6.74. The van der Waals surface area contributed by atoms with E-state index in [1.54, 1.807) is 14.2 Å². The molecule has 9 heteroatoms. The maximum Gasteiger partial charge on any atom is 0.173 e. The lowest BCUT2D eigenvalue weighted by atomic mass is 10.0. The Morgan fingerprint density at radius 3 is 2.56 bits per heavy atom. The minimum absolute atomic E-state index is 0.143. The van der Waals surface area contributed by atoms with Gasteiger partial charge in [0, 0.05) is 50.1 Å². The SMILES string of the molecule is COc1ccc([C@H](c2nnnn2C[C@H]2CCCO2)N2CCN(c3ccccc3)CC2)c(OC)c1. The van der Waals surface area contributed by atoms with E-state index in [1.807, 2.05) is 16.8 Å². The number of ether oxygens (including phenoxy) is 3. The summed E-state index contributed by atoms with van der Waals surface area (Å²) in [5.74, 6) is 2.33. The Morgan fingerprint density at radius 2 is 1.85 bits per heavy atom. The van der Waals surface area contributed by atoms with Crippen LogP contribution in [0.4, 0.5) is 5.69 Å². The summed E-state index contributed by atoms with van der Waals surface area (Å²) in [6.45, 7) is 5.06. The second-order valence-corrected chi connectivity index (χ2v) is 8.72. The van der Waals surface area contributed by atoms with Gasteiger partial charge in [0.15, 0.2) is 5.82 Å². The number of benzene rings is 2. The highest BCUT2D eigenvalue weighted by molar-refractivity contribution is 5.47. The van der Waals surface area contributed by atoms with Crippen molar-refractivity contribution >= 4 is 5.69 Å². The van der Waals surface area contributed by atoms with E-state index in [9.17, 15) is 0 Å². The van der Waals surface area contributed by atoms with E-state index >= 15 is 0 Å². The van der Waals surface area contributed by atoms with Crippen molar-refractivity contribution in [3.8, 4) is 11.5 Å². The molecule has 2 aromatic carbocycles. The van der Waals surface area contributed by atoms with Gasteiger partial charge in [-0.15, -0.1) is 5.10 Å². The van der Waals surface area contributed by atoms with Crippen LogP contribution in [0, 0.1) is 0 Å². The number of para-hydroxylation sites is 1. The average molecular weight is 465 g/mol. The van der Waals surface area contributed by atoms with E-state index in [-0.39, 0.29) is 12.1 Å². The Kier molecular flexibility index (Phi) is 6.92. The quantitative estimate of drug-likeness (QED) is 0.504. The van der Waals surface area contributed by atoms with Crippen LogP contribution in [0.15, 0.2) is 48.5 Å². The molecule has 34 heavy (non-hydrogen) atoms. The van der Waals surface area contributed by atoms with Gasteiger partial charge in [-0.25, -0.2) is 4.68 Å². The Hall–Kier alpha value is -3.17. The molecule has 180 valence electrons. The first-order chi connectivity index (χ1) is 16.8. The summed E-state index contributed by atoms with van der Waals surface area (Å²) >= 11 is 0. The first kappa shape index (κ1) is 22.6. The zero-order chi connectivity index (χ0) is 23.3. The van der Waals surface area contributed by atoms with Crippen molar-refractivity contribution in [2.24, 2.45) is 0 Å². The molecule has 1 aromatic heterocycles. The molecule has 9 nitrogen and oxygen atoms in total. The van der Waals surface area contributed by atoms with Crippen molar-refractivity contribution in [3.63, 3.8) is 0 Å². The van der Waals surface area contributed by atoms with Crippen LogP contribution in [0.3, 0.4) is 0 Å². The minimum Gasteiger partial charge on any atom is -0.497 e. The number of aromatic nitrogens is 4. The molecule has 5 rings (SSSR count). The minimum atomic E-state index is -0.143. The van der Waals surface area contributed by atoms with Crippen molar-refractivity contribution < 1.29 is 14.2 Å². The largest absolute Gasteiger partial charge is 0.497 e. The molecule has 0 unspecified atom stereocenters. The maximum absolute atomic E-state index is 5.87.